The summed E-state index contributed by atoms with van der Waals surface area (Å²) in [6, 6.07) is 10.0. The molecule has 8 nitrogen and oxygen atoms in total. The van der Waals surface area contributed by atoms with Crippen molar-refractivity contribution in [1.29, 1.82) is 0 Å². The van der Waals surface area contributed by atoms with Crippen LogP contribution in [0.15, 0.2) is 42.5 Å². The molecule has 0 radical (unpaired) electrons. The van der Waals surface area contributed by atoms with Crippen molar-refractivity contribution in [2.45, 2.75) is 31.8 Å². The van der Waals surface area contributed by atoms with Gasteiger partial charge < -0.3 is 14.5 Å². The maximum Gasteiger partial charge on any atom is 0.273 e. The Kier molecular flexibility index (Phi) is 6.24. The number of amides is 2. The number of ether oxygens (including phenoxy) is 1. The second-order valence-electron chi connectivity index (χ2n) is 7.58. The third kappa shape index (κ3) is 4.21. The van der Waals surface area contributed by atoms with E-state index >= 15 is 0 Å². The molecule has 164 valence electrons. The molecular weight excluding hydrogens is 405 g/mol. The van der Waals surface area contributed by atoms with Crippen molar-refractivity contribution in [1.82, 2.24) is 9.80 Å². The molecule has 0 spiro atoms. The number of nitro benzene ring substituents is 1. The van der Waals surface area contributed by atoms with Crippen LogP contribution in [-0.2, 0) is 22.6 Å². The number of carbonyl (C=O) groups excluding carboxylic acids is 2. The lowest BCUT2D eigenvalue weighted by molar-refractivity contribution is -0.384. The van der Waals surface area contributed by atoms with Gasteiger partial charge >= 0.3 is 0 Å². The van der Waals surface area contributed by atoms with Crippen LogP contribution in [0.2, 0.25) is 0 Å². The number of nitrogens with zero attached hydrogens (tertiary/aromatic N) is 3. The number of hydrogen-bond acceptors (Lipinski definition) is 5. The van der Waals surface area contributed by atoms with E-state index in [4.69, 9.17) is 4.74 Å². The summed E-state index contributed by atoms with van der Waals surface area (Å²) in [7, 11) is 2.98. The number of non-ortho nitro benzene ring substituents is 1. The normalized spacial score (nSPS) is 19.0. The molecule has 0 N–H and O–H groups in total. The molecule has 1 fully saturated rings. The van der Waals surface area contributed by atoms with Crippen molar-refractivity contribution in [3.05, 3.63) is 69.5 Å². The maximum atomic E-state index is 13.4. The average Bonchev–Trinajstić information content (AvgIpc) is 2.75. The molecule has 0 saturated carbocycles. The van der Waals surface area contributed by atoms with E-state index < -0.39 is 10.5 Å². The summed E-state index contributed by atoms with van der Waals surface area (Å²) in [6.07, 6.45) is 0.558. The average molecular weight is 429 g/mol. The Bertz CT molecular complexity index is 1010. The zero-order chi connectivity index (χ0) is 22.8. The van der Waals surface area contributed by atoms with E-state index in [1.54, 1.807) is 19.2 Å². The van der Waals surface area contributed by atoms with Gasteiger partial charge in [0, 0.05) is 25.1 Å². The molecule has 1 aliphatic heterocycles. The first-order valence-corrected chi connectivity index (χ1v) is 9.83. The molecule has 31 heavy (non-hydrogen) atoms. The molecule has 2 amide bonds. The minimum Gasteiger partial charge on any atom is -0.496 e. The van der Waals surface area contributed by atoms with Crippen LogP contribution < -0.4 is 4.74 Å². The summed E-state index contributed by atoms with van der Waals surface area (Å²) in [5.74, 6) is -0.573. The summed E-state index contributed by atoms with van der Waals surface area (Å²) < 4.78 is 18.7. The van der Waals surface area contributed by atoms with Gasteiger partial charge in [-0.25, -0.2) is 4.39 Å². The largest absolute Gasteiger partial charge is 0.496 e. The predicted molar refractivity (Wildman–Crippen MR) is 111 cm³/mol. The summed E-state index contributed by atoms with van der Waals surface area (Å²) in [5, 5.41) is 11.1. The Morgan fingerprint density at radius 3 is 2.45 bits per heavy atom. The molecule has 1 saturated heterocycles. The molecule has 1 unspecified atom stereocenters. The lowest BCUT2D eigenvalue weighted by atomic mass is 9.82. The third-order valence-corrected chi connectivity index (χ3v) is 5.74. The van der Waals surface area contributed by atoms with Gasteiger partial charge in [0.25, 0.3) is 5.69 Å². The van der Waals surface area contributed by atoms with E-state index in [1.165, 1.54) is 47.2 Å². The summed E-state index contributed by atoms with van der Waals surface area (Å²) in [4.78, 5) is 39.9. The highest BCUT2D eigenvalue weighted by Crippen LogP contribution is 2.35. The number of halogens is 1. The molecule has 3 rings (SSSR count). The Balaban J connectivity index is 2.04. The van der Waals surface area contributed by atoms with Crippen LogP contribution >= 0.6 is 0 Å². The molecule has 9 heteroatoms. The van der Waals surface area contributed by atoms with Crippen LogP contribution in [0, 0.1) is 15.9 Å². The van der Waals surface area contributed by atoms with Crippen LogP contribution in [-0.4, -0.2) is 52.8 Å². The topological polar surface area (TPSA) is 93.0 Å². The minimum atomic E-state index is -1.17. The fraction of sp³-hybridized carbons (Fsp3) is 0.364. The van der Waals surface area contributed by atoms with Crippen molar-refractivity contribution in [2.24, 2.45) is 0 Å². The second-order valence-corrected chi connectivity index (χ2v) is 7.58. The molecule has 1 atom stereocenters. The first-order chi connectivity index (χ1) is 14.7. The quantitative estimate of drug-likeness (QED) is 0.498. The number of benzene rings is 2. The standard InChI is InChI=1S/C22H24FN3O5/c1-4-22(12-15-5-8-17(23)9-6-15)21(28)24(2)14-20(27)25(22)13-16-7-10-18(26(29)30)11-19(16)31-3/h5-11H,4,12-14H2,1-3H3. The van der Waals surface area contributed by atoms with Gasteiger partial charge in [0.15, 0.2) is 0 Å². The smallest absolute Gasteiger partial charge is 0.273 e. The zero-order valence-electron chi connectivity index (χ0n) is 17.6. The van der Waals surface area contributed by atoms with Gasteiger partial charge in [0.1, 0.15) is 17.1 Å². The van der Waals surface area contributed by atoms with Crippen LogP contribution in [0.5, 0.6) is 5.75 Å². The number of hydrogen-bond donors (Lipinski definition) is 0. The Hall–Kier alpha value is -3.49. The fourth-order valence-corrected chi connectivity index (χ4v) is 4.03. The Labute approximate surface area is 179 Å². The highest BCUT2D eigenvalue weighted by molar-refractivity contribution is 5.98. The first-order valence-electron chi connectivity index (χ1n) is 9.83. The van der Waals surface area contributed by atoms with Gasteiger partial charge in [0.2, 0.25) is 11.8 Å². The van der Waals surface area contributed by atoms with E-state index in [0.717, 1.165) is 5.56 Å². The van der Waals surface area contributed by atoms with Gasteiger partial charge in [-0.15, -0.1) is 0 Å². The predicted octanol–water partition coefficient (Wildman–Crippen LogP) is 2.93. The van der Waals surface area contributed by atoms with E-state index in [-0.39, 0.29) is 48.6 Å². The number of carbonyl (C=O) groups is 2. The number of piperazine rings is 1. The SMILES string of the molecule is CCC1(Cc2ccc(F)cc2)C(=O)N(C)CC(=O)N1Cc1ccc([N+](=O)[O-])cc1OC. The lowest BCUT2D eigenvalue weighted by Crippen LogP contribution is -2.67. The van der Waals surface area contributed by atoms with E-state index in [0.29, 0.717) is 12.0 Å². The highest BCUT2D eigenvalue weighted by Gasteiger charge is 2.50. The molecular formula is C22H24FN3O5. The molecule has 2 aromatic carbocycles. The zero-order valence-corrected chi connectivity index (χ0v) is 17.6. The molecule has 1 aliphatic rings. The van der Waals surface area contributed by atoms with E-state index in [9.17, 15) is 24.1 Å². The van der Waals surface area contributed by atoms with Crippen molar-refractivity contribution in [3.63, 3.8) is 0 Å². The van der Waals surface area contributed by atoms with Crippen LogP contribution in [0.4, 0.5) is 10.1 Å². The van der Waals surface area contributed by atoms with E-state index in [1.807, 2.05) is 6.92 Å². The Morgan fingerprint density at radius 2 is 1.87 bits per heavy atom. The molecule has 0 aromatic heterocycles. The summed E-state index contributed by atoms with van der Waals surface area (Å²) in [6.45, 7) is 1.81. The maximum absolute atomic E-state index is 13.4. The Morgan fingerprint density at radius 1 is 1.19 bits per heavy atom. The fourth-order valence-electron chi connectivity index (χ4n) is 4.03. The van der Waals surface area contributed by atoms with Crippen molar-refractivity contribution >= 4 is 17.5 Å². The minimum absolute atomic E-state index is 0.0502. The number of nitro groups is 1. The number of methoxy groups -OCH3 is 1. The molecule has 2 aromatic rings. The van der Waals surface area contributed by atoms with Gasteiger partial charge in [-0.2, -0.15) is 0 Å². The summed E-state index contributed by atoms with van der Waals surface area (Å²) in [5.41, 5.74) is -0.0279. The second kappa shape index (κ2) is 8.71. The monoisotopic (exact) mass is 429 g/mol. The van der Waals surface area contributed by atoms with E-state index in [2.05, 4.69) is 0 Å². The summed E-state index contributed by atoms with van der Waals surface area (Å²) >= 11 is 0. The molecule has 0 bridgehead atoms. The number of rotatable bonds is 7. The number of likely N-dealkylation sites (N-methyl/N-ethyl adjacent to an activating group) is 1. The van der Waals surface area contributed by atoms with Crippen molar-refractivity contribution < 1.29 is 23.6 Å². The van der Waals surface area contributed by atoms with Gasteiger partial charge in [0.05, 0.1) is 31.2 Å². The van der Waals surface area contributed by atoms with Crippen LogP contribution in [0.1, 0.15) is 24.5 Å². The molecule has 1 heterocycles. The van der Waals surface area contributed by atoms with Gasteiger partial charge in [-0.1, -0.05) is 19.1 Å². The highest BCUT2D eigenvalue weighted by atomic mass is 19.1. The van der Waals surface area contributed by atoms with Crippen molar-refractivity contribution in [3.8, 4) is 5.75 Å². The first kappa shape index (κ1) is 22.2. The van der Waals surface area contributed by atoms with Crippen LogP contribution in [0.3, 0.4) is 0 Å². The van der Waals surface area contributed by atoms with Crippen LogP contribution in [0.25, 0.3) is 0 Å². The van der Waals surface area contributed by atoms with Gasteiger partial charge in [-0.3, -0.25) is 19.7 Å². The molecule has 0 aliphatic carbocycles. The van der Waals surface area contributed by atoms with Crippen molar-refractivity contribution in [2.75, 3.05) is 20.7 Å². The lowest BCUT2D eigenvalue weighted by Gasteiger charge is -2.48. The third-order valence-electron chi connectivity index (χ3n) is 5.74. The van der Waals surface area contributed by atoms with Gasteiger partial charge in [-0.05, 0) is 30.2 Å².